The van der Waals surface area contributed by atoms with Gasteiger partial charge in [-0.1, -0.05) is 6.92 Å². The maximum absolute atomic E-state index is 10.2. The van der Waals surface area contributed by atoms with Gasteiger partial charge in [-0.05, 0) is 6.42 Å². The first-order chi connectivity index (χ1) is 6.22. The van der Waals surface area contributed by atoms with Gasteiger partial charge in [-0.2, -0.15) is 0 Å². The number of aliphatic carboxylic acids is 1. The summed E-state index contributed by atoms with van der Waals surface area (Å²) in [7, 11) is 0. The number of nitrogens with zero attached hydrogens (tertiary/aromatic N) is 1. The molecule has 1 saturated heterocycles. The quantitative estimate of drug-likeness (QED) is 0.657. The molecule has 0 saturated carbocycles. The zero-order valence-corrected chi connectivity index (χ0v) is 7.77. The van der Waals surface area contributed by atoms with Gasteiger partial charge in [-0.25, -0.2) is 4.79 Å². The lowest BCUT2D eigenvalue weighted by Crippen LogP contribution is -2.39. The molecule has 1 N–H and O–H groups in total. The average molecular weight is 185 g/mol. The van der Waals surface area contributed by atoms with Gasteiger partial charge in [-0.3, -0.25) is 0 Å². The second-order valence-corrected chi connectivity index (χ2v) is 3.05. The van der Waals surface area contributed by atoms with E-state index in [9.17, 15) is 4.79 Å². The number of carboxylic acids is 1. The van der Waals surface area contributed by atoms with Crippen LogP contribution in [0.4, 0.5) is 0 Å². The molecule has 1 aliphatic heterocycles. The molecule has 0 spiro atoms. The van der Waals surface area contributed by atoms with E-state index in [1.807, 2.05) is 4.90 Å². The predicted molar refractivity (Wildman–Crippen MR) is 48.4 cm³/mol. The van der Waals surface area contributed by atoms with Crippen LogP contribution in [0.15, 0.2) is 12.3 Å². The Morgan fingerprint density at radius 2 is 2.54 bits per heavy atom. The Balaban J connectivity index is 2.38. The van der Waals surface area contributed by atoms with E-state index in [1.165, 1.54) is 0 Å². The molecule has 1 rings (SSSR count). The van der Waals surface area contributed by atoms with Gasteiger partial charge >= 0.3 is 5.97 Å². The lowest BCUT2D eigenvalue weighted by atomic mass is 10.2. The maximum Gasteiger partial charge on any atom is 0.329 e. The van der Waals surface area contributed by atoms with Crippen molar-refractivity contribution in [3.05, 3.63) is 12.3 Å². The molecule has 1 atom stereocenters. The minimum atomic E-state index is -0.903. The van der Waals surface area contributed by atoms with Gasteiger partial charge < -0.3 is 14.7 Å². The van der Waals surface area contributed by atoms with Crippen LogP contribution in [0, 0.1) is 0 Å². The van der Waals surface area contributed by atoms with Crippen molar-refractivity contribution in [2.24, 2.45) is 0 Å². The van der Waals surface area contributed by atoms with E-state index < -0.39 is 5.97 Å². The van der Waals surface area contributed by atoms with Gasteiger partial charge in [0.15, 0.2) is 0 Å². The highest BCUT2D eigenvalue weighted by Crippen LogP contribution is 2.07. The van der Waals surface area contributed by atoms with Crippen LogP contribution in [-0.2, 0) is 9.53 Å². The number of ether oxygens (including phenoxy) is 1. The standard InChI is InChI=1S/C9H15NO3/c1-2-8-7-10(5-6-13-8)4-3-9(11)12/h3-4,8H,2,5-7H2,1H3,(H,11,12). The Bertz CT molecular complexity index is 203. The molecular weight excluding hydrogens is 170 g/mol. The number of morpholine rings is 1. The van der Waals surface area contributed by atoms with Crippen molar-refractivity contribution in [3.63, 3.8) is 0 Å². The fourth-order valence-corrected chi connectivity index (χ4v) is 1.29. The zero-order valence-electron chi connectivity index (χ0n) is 7.77. The molecule has 0 aromatic heterocycles. The summed E-state index contributed by atoms with van der Waals surface area (Å²) in [5, 5.41) is 8.42. The average Bonchev–Trinajstić information content (AvgIpc) is 2.15. The van der Waals surface area contributed by atoms with Crippen molar-refractivity contribution in [1.82, 2.24) is 4.90 Å². The minimum absolute atomic E-state index is 0.243. The number of rotatable bonds is 3. The number of carbonyl (C=O) groups is 1. The first-order valence-corrected chi connectivity index (χ1v) is 4.49. The first-order valence-electron chi connectivity index (χ1n) is 4.49. The van der Waals surface area contributed by atoms with E-state index in [2.05, 4.69) is 6.92 Å². The van der Waals surface area contributed by atoms with Crippen LogP contribution in [0.3, 0.4) is 0 Å². The summed E-state index contributed by atoms with van der Waals surface area (Å²) >= 11 is 0. The molecule has 4 nitrogen and oxygen atoms in total. The van der Waals surface area contributed by atoms with Gasteiger partial charge in [0, 0.05) is 25.4 Å². The molecule has 1 unspecified atom stereocenters. The highest BCUT2D eigenvalue weighted by atomic mass is 16.5. The van der Waals surface area contributed by atoms with E-state index in [0.29, 0.717) is 6.61 Å². The molecule has 13 heavy (non-hydrogen) atoms. The number of hydrogen-bond donors (Lipinski definition) is 1. The Kier molecular flexibility index (Phi) is 3.76. The summed E-state index contributed by atoms with van der Waals surface area (Å²) in [4.78, 5) is 12.2. The SMILES string of the molecule is CCC1CN(C=CC(=O)O)CCO1. The van der Waals surface area contributed by atoms with Crippen LogP contribution in [0.1, 0.15) is 13.3 Å². The lowest BCUT2D eigenvalue weighted by molar-refractivity contribution is -0.131. The topological polar surface area (TPSA) is 49.8 Å². The van der Waals surface area contributed by atoms with E-state index in [0.717, 1.165) is 25.6 Å². The molecule has 1 fully saturated rings. The van der Waals surface area contributed by atoms with Gasteiger partial charge in [0.1, 0.15) is 0 Å². The molecular formula is C9H15NO3. The predicted octanol–water partition coefficient (Wildman–Crippen LogP) is 0.696. The van der Waals surface area contributed by atoms with Crippen LogP contribution >= 0.6 is 0 Å². The molecule has 0 bridgehead atoms. The van der Waals surface area contributed by atoms with E-state index >= 15 is 0 Å². The van der Waals surface area contributed by atoms with Crippen LogP contribution in [0.5, 0.6) is 0 Å². The van der Waals surface area contributed by atoms with E-state index in [-0.39, 0.29) is 6.10 Å². The summed E-state index contributed by atoms with van der Waals surface area (Å²) in [6.45, 7) is 4.32. The normalized spacial score (nSPS) is 23.8. The van der Waals surface area contributed by atoms with Crippen LogP contribution in [0.2, 0.25) is 0 Å². The number of hydrogen-bond acceptors (Lipinski definition) is 3. The van der Waals surface area contributed by atoms with Crippen molar-refractivity contribution >= 4 is 5.97 Å². The van der Waals surface area contributed by atoms with Gasteiger partial charge in [0.05, 0.1) is 12.7 Å². The van der Waals surface area contributed by atoms with E-state index in [1.54, 1.807) is 6.20 Å². The fraction of sp³-hybridized carbons (Fsp3) is 0.667. The zero-order chi connectivity index (χ0) is 9.68. The maximum atomic E-state index is 10.2. The van der Waals surface area contributed by atoms with Crippen LogP contribution in [-0.4, -0.2) is 41.8 Å². The highest BCUT2D eigenvalue weighted by molar-refractivity contribution is 5.79. The largest absolute Gasteiger partial charge is 0.478 e. The monoisotopic (exact) mass is 185 g/mol. The van der Waals surface area contributed by atoms with Crippen molar-refractivity contribution in [2.45, 2.75) is 19.4 Å². The number of carboxylic acid groups (broad SMARTS) is 1. The second kappa shape index (κ2) is 4.87. The van der Waals surface area contributed by atoms with Crippen molar-refractivity contribution in [3.8, 4) is 0 Å². The Morgan fingerprint density at radius 3 is 3.15 bits per heavy atom. The molecule has 0 amide bonds. The summed E-state index contributed by atoms with van der Waals surface area (Å²) < 4.78 is 5.44. The van der Waals surface area contributed by atoms with Gasteiger partial charge in [0.2, 0.25) is 0 Å². The second-order valence-electron chi connectivity index (χ2n) is 3.05. The highest BCUT2D eigenvalue weighted by Gasteiger charge is 2.15. The smallest absolute Gasteiger partial charge is 0.329 e. The molecule has 4 heteroatoms. The molecule has 0 aromatic carbocycles. The summed E-state index contributed by atoms with van der Waals surface area (Å²) in [6.07, 6.45) is 4.00. The Morgan fingerprint density at radius 1 is 1.77 bits per heavy atom. The van der Waals surface area contributed by atoms with Crippen LogP contribution in [0.25, 0.3) is 0 Å². The molecule has 0 aromatic rings. The molecule has 1 aliphatic rings. The summed E-state index contributed by atoms with van der Waals surface area (Å²) in [6, 6.07) is 0. The Labute approximate surface area is 77.8 Å². The van der Waals surface area contributed by atoms with Crippen molar-refractivity contribution in [2.75, 3.05) is 19.7 Å². The summed E-state index contributed by atoms with van der Waals surface area (Å²) in [5.74, 6) is -0.903. The summed E-state index contributed by atoms with van der Waals surface area (Å²) in [5.41, 5.74) is 0. The fourth-order valence-electron chi connectivity index (χ4n) is 1.29. The molecule has 0 aliphatic carbocycles. The molecule has 74 valence electrons. The van der Waals surface area contributed by atoms with E-state index in [4.69, 9.17) is 9.84 Å². The van der Waals surface area contributed by atoms with Crippen molar-refractivity contribution < 1.29 is 14.6 Å². The van der Waals surface area contributed by atoms with Gasteiger partial charge in [0.25, 0.3) is 0 Å². The lowest BCUT2D eigenvalue weighted by Gasteiger charge is -2.31. The molecule has 1 heterocycles. The van der Waals surface area contributed by atoms with Gasteiger partial charge in [-0.15, -0.1) is 0 Å². The third kappa shape index (κ3) is 3.46. The Hall–Kier alpha value is -1.03. The first kappa shape index (κ1) is 10.1. The third-order valence-corrected chi connectivity index (χ3v) is 2.05. The van der Waals surface area contributed by atoms with Crippen molar-refractivity contribution in [1.29, 1.82) is 0 Å². The third-order valence-electron chi connectivity index (χ3n) is 2.05. The molecule has 0 radical (unpaired) electrons. The minimum Gasteiger partial charge on any atom is -0.478 e. The van der Waals surface area contributed by atoms with Crippen LogP contribution < -0.4 is 0 Å².